The summed E-state index contributed by atoms with van der Waals surface area (Å²) >= 11 is 0. The number of aryl methyl sites for hydroxylation is 10. The van der Waals surface area contributed by atoms with Crippen molar-refractivity contribution in [3.05, 3.63) is 197 Å². The van der Waals surface area contributed by atoms with Crippen molar-refractivity contribution in [3.8, 4) is 0 Å². The Kier molecular flexibility index (Phi) is 11.9. The van der Waals surface area contributed by atoms with Gasteiger partial charge in [-0.05, 0) is 91.5 Å². The van der Waals surface area contributed by atoms with E-state index in [2.05, 4.69) is 210 Å². The molecule has 0 spiro atoms. The third kappa shape index (κ3) is 8.89. The first kappa shape index (κ1) is 41.9. The monoisotopic (exact) mass is 780 g/mol. The van der Waals surface area contributed by atoms with Crippen molar-refractivity contribution in [2.45, 2.75) is 121 Å². The van der Waals surface area contributed by atoms with E-state index >= 15 is 0 Å². The van der Waals surface area contributed by atoms with Gasteiger partial charge in [-0.25, -0.2) is 9.48 Å². The van der Waals surface area contributed by atoms with E-state index in [4.69, 9.17) is 0 Å². The van der Waals surface area contributed by atoms with Crippen LogP contribution in [0.5, 0.6) is 0 Å². The number of anilines is 1. The topological polar surface area (TPSA) is 6.25 Å². The number of hydrogen-bond donors (Lipinski definition) is 0. The molecule has 7 rings (SSSR count). The second-order valence-corrected chi connectivity index (χ2v) is 18.7. The van der Waals surface area contributed by atoms with Gasteiger partial charge in [-0.1, -0.05) is 180 Å². The number of rotatable bonds is 10. The molecule has 304 valence electrons. The Hall–Kier alpha value is -5.21. The van der Waals surface area contributed by atoms with Crippen molar-refractivity contribution < 1.29 is 4.58 Å². The largest absolute Gasteiger partial charge is 0.244 e. The third-order valence-electron chi connectivity index (χ3n) is 12.9. The molecule has 0 fully saturated rings. The molecular formula is C57H67N2+. The smallest absolute Gasteiger partial charge is 0.229 e. The van der Waals surface area contributed by atoms with Gasteiger partial charge in [-0.3, -0.25) is 0 Å². The lowest BCUT2D eigenvalue weighted by Gasteiger charge is -2.26. The maximum Gasteiger partial charge on any atom is 0.244 e. The van der Waals surface area contributed by atoms with Gasteiger partial charge in [0.15, 0.2) is 0 Å². The highest BCUT2D eigenvalue weighted by Crippen LogP contribution is 2.45. The molecule has 0 saturated carbocycles. The molecule has 1 aliphatic rings. The molecule has 0 radical (unpaired) electrons. The summed E-state index contributed by atoms with van der Waals surface area (Å²) in [6.07, 6.45) is 2.47. The third-order valence-corrected chi connectivity index (χ3v) is 12.9. The van der Waals surface area contributed by atoms with E-state index in [1.165, 1.54) is 112 Å². The van der Waals surface area contributed by atoms with Gasteiger partial charge < -0.3 is 0 Å². The molecule has 0 N–H and O–H groups in total. The van der Waals surface area contributed by atoms with Crippen LogP contribution >= 0.6 is 0 Å². The summed E-state index contributed by atoms with van der Waals surface area (Å²) in [5.74, 6) is 0.873. The minimum absolute atomic E-state index is 0.218. The first-order chi connectivity index (χ1) is 27.9. The highest BCUT2D eigenvalue weighted by molar-refractivity contribution is 5.84. The minimum Gasteiger partial charge on any atom is -0.229 e. The standard InChI is InChI=1S/C57H67N2/c1-34-17-35(2)22-48(21-34)44(11)52-29-42(9)30-53(45(12)49-23-36(3)18-37(4)24-49)56(52)58-15-16-59(33-58)57-54(46(13)50-25-38(5)19-39(6)26-50)31-43(10)32-55(57)47(14)51-27-40(7)20-41(8)28-51/h17-33,44-47H,15-16H2,1-14H3/q+1/t44-,45?,46?,47?/m0/s1. The van der Waals surface area contributed by atoms with E-state index in [0.717, 1.165) is 13.1 Å². The van der Waals surface area contributed by atoms with E-state index in [1.807, 2.05) is 0 Å². The second kappa shape index (κ2) is 16.8. The first-order valence-electron chi connectivity index (χ1n) is 22.0. The number of hydrogen-bond acceptors (Lipinski definition) is 1. The fraction of sp³-hybridized carbons (Fsp3) is 0.351. The SMILES string of the molecule is Cc1cc(C)cc(C(C)c2cc(C)cc([C@@H](C)c3cc(C)cc(C)c3)c2N2C=[N+](c3c(C(C)c4cc(C)cc(C)c4)cc(C)cc3C(C)c3cc(C)cc(C)c3)CC2)c1. The summed E-state index contributed by atoms with van der Waals surface area (Å²) in [7, 11) is 0. The van der Waals surface area contributed by atoms with Crippen LogP contribution in [-0.4, -0.2) is 24.0 Å². The van der Waals surface area contributed by atoms with Gasteiger partial charge in [0, 0.05) is 45.9 Å². The van der Waals surface area contributed by atoms with Crippen LogP contribution in [0.25, 0.3) is 0 Å². The summed E-state index contributed by atoms with van der Waals surface area (Å²) in [5.41, 5.74) is 27.0. The first-order valence-corrected chi connectivity index (χ1v) is 22.0. The Morgan fingerprint density at radius 3 is 0.915 bits per heavy atom. The molecule has 59 heavy (non-hydrogen) atoms. The maximum atomic E-state index is 2.61. The second-order valence-electron chi connectivity index (χ2n) is 18.7. The summed E-state index contributed by atoms with van der Waals surface area (Å²) in [6.45, 7) is 33.9. The Morgan fingerprint density at radius 2 is 0.610 bits per heavy atom. The summed E-state index contributed by atoms with van der Waals surface area (Å²) in [4.78, 5) is 2.61. The van der Waals surface area contributed by atoms with Crippen LogP contribution in [0.4, 0.5) is 11.4 Å². The summed E-state index contributed by atoms with van der Waals surface area (Å²) in [5, 5.41) is 0. The van der Waals surface area contributed by atoms with Crippen molar-refractivity contribution in [1.29, 1.82) is 0 Å². The Morgan fingerprint density at radius 1 is 0.356 bits per heavy atom. The van der Waals surface area contributed by atoms with Gasteiger partial charge in [0.25, 0.3) is 0 Å². The average molecular weight is 780 g/mol. The van der Waals surface area contributed by atoms with Gasteiger partial charge >= 0.3 is 0 Å². The van der Waals surface area contributed by atoms with Crippen LogP contribution in [0.15, 0.2) is 97.1 Å². The van der Waals surface area contributed by atoms with E-state index in [0.29, 0.717) is 0 Å². The van der Waals surface area contributed by atoms with Gasteiger partial charge in [0.1, 0.15) is 24.5 Å². The quantitative estimate of drug-likeness (QED) is 0.126. The predicted octanol–water partition coefficient (Wildman–Crippen LogP) is 14.6. The predicted molar refractivity (Wildman–Crippen MR) is 254 cm³/mol. The van der Waals surface area contributed by atoms with Crippen molar-refractivity contribution in [2.75, 3.05) is 18.0 Å². The summed E-state index contributed by atoms with van der Waals surface area (Å²) in [6, 6.07) is 38.2. The highest BCUT2D eigenvalue weighted by atomic mass is 15.3. The van der Waals surface area contributed by atoms with E-state index in [1.54, 1.807) is 0 Å². The molecule has 2 heteroatoms. The van der Waals surface area contributed by atoms with Crippen molar-refractivity contribution >= 4 is 17.7 Å². The highest BCUT2D eigenvalue weighted by Gasteiger charge is 2.35. The van der Waals surface area contributed by atoms with Crippen molar-refractivity contribution in [2.24, 2.45) is 0 Å². The lowest BCUT2D eigenvalue weighted by atomic mass is 9.82. The number of benzene rings is 6. The maximum absolute atomic E-state index is 2.61. The molecule has 6 aromatic carbocycles. The molecule has 0 amide bonds. The normalized spacial score (nSPS) is 14.9. The van der Waals surface area contributed by atoms with Crippen LogP contribution in [-0.2, 0) is 0 Å². The van der Waals surface area contributed by atoms with E-state index in [-0.39, 0.29) is 23.7 Å². The van der Waals surface area contributed by atoms with E-state index < -0.39 is 0 Å². The van der Waals surface area contributed by atoms with Crippen LogP contribution in [0.2, 0.25) is 0 Å². The zero-order valence-electron chi connectivity index (χ0n) is 38.4. The molecule has 4 atom stereocenters. The molecule has 0 aromatic heterocycles. The molecular weight excluding hydrogens is 713 g/mol. The Bertz CT molecular complexity index is 2350. The minimum atomic E-state index is 0.218. The number of nitrogens with zero attached hydrogens (tertiary/aromatic N) is 2. The van der Waals surface area contributed by atoms with Crippen LogP contribution in [0.1, 0.15) is 152 Å². The molecule has 0 bridgehead atoms. The lowest BCUT2D eigenvalue weighted by molar-refractivity contribution is -0.425. The average Bonchev–Trinajstić information content (AvgIpc) is 3.64. The van der Waals surface area contributed by atoms with E-state index in [9.17, 15) is 0 Å². The summed E-state index contributed by atoms with van der Waals surface area (Å²) < 4.78 is 2.61. The van der Waals surface area contributed by atoms with Crippen LogP contribution < -0.4 is 4.90 Å². The van der Waals surface area contributed by atoms with Crippen LogP contribution in [0, 0.1) is 69.2 Å². The van der Waals surface area contributed by atoms with Crippen LogP contribution in [0.3, 0.4) is 0 Å². The van der Waals surface area contributed by atoms with Gasteiger partial charge in [0.05, 0.1) is 0 Å². The Balaban J connectivity index is 1.47. The van der Waals surface area contributed by atoms with Crippen molar-refractivity contribution in [1.82, 2.24) is 0 Å². The zero-order chi connectivity index (χ0) is 42.4. The molecule has 1 aliphatic heterocycles. The van der Waals surface area contributed by atoms with Gasteiger partial charge in [-0.15, -0.1) is 0 Å². The lowest BCUT2D eigenvalue weighted by Crippen LogP contribution is -2.23. The Labute approximate surface area is 356 Å². The van der Waals surface area contributed by atoms with Crippen molar-refractivity contribution in [3.63, 3.8) is 0 Å². The molecule has 6 aromatic rings. The molecule has 0 saturated heterocycles. The molecule has 0 aliphatic carbocycles. The molecule has 3 unspecified atom stereocenters. The molecule has 2 nitrogen and oxygen atoms in total. The molecule has 1 heterocycles. The fourth-order valence-corrected chi connectivity index (χ4v) is 10.3. The fourth-order valence-electron chi connectivity index (χ4n) is 10.3. The van der Waals surface area contributed by atoms with Gasteiger partial charge in [0.2, 0.25) is 6.34 Å². The zero-order valence-corrected chi connectivity index (χ0v) is 38.4. The van der Waals surface area contributed by atoms with Gasteiger partial charge in [-0.2, -0.15) is 0 Å².